The molecule has 3 rings (SSSR count). The lowest BCUT2D eigenvalue weighted by molar-refractivity contribution is -0.127. The van der Waals surface area contributed by atoms with E-state index in [0.29, 0.717) is 24.4 Å². The number of amides is 2. The van der Waals surface area contributed by atoms with Gasteiger partial charge in [-0.15, -0.1) is 0 Å². The van der Waals surface area contributed by atoms with Crippen LogP contribution in [-0.4, -0.2) is 44.2 Å². The van der Waals surface area contributed by atoms with Crippen LogP contribution in [-0.2, 0) is 16.0 Å². The Morgan fingerprint density at radius 2 is 2.11 bits per heavy atom. The Morgan fingerprint density at radius 1 is 1.29 bits per heavy atom. The van der Waals surface area contributed by atoms with Gasteiger partial charge in [-0.3, -0.25) is 9.59 Å². The number of carbonyl (C=O) groups is 2. The van der Waals surface area contributed by atoms with E-state index in [1.807, 2.05) is 12.1 Å². The minimum atomic E-state index is -0.166. The summed E-state index contributed by atoms with van der Waals surface area (Å²) in [6.45, 7) is 5.74. The fraction of sp³-hybridized carbons (Fsp3) is 0.636. The minimum Gasteiger partial charge on any atom is -0.384 e. The van der Waals surface area contributed by atoms with Crippen molar-refractivity contribution in [2.24, 2.45) is 11.8 Å². The molecule has 0 saturated heterocycles. The third-order valence-corrected chi connectivity index (χ3v) is 5.78. The van der Waals surface area contributed by atoms with E-state index in [1.54, 1.807) is 7.11 Å². The predicted molar refractivity (Wildman–Crippen MR) is 110 cm³/mol. The van der Waals surface area contributed by atoms with Gasteiger partial charge >= 0.3 is 0 Å². The van der Waals surface area contributed by atoms with Crippen LogP contribution in [0, 0.1) is 11.8 Å². The van der Waals surface area contributed by atoms with Gasteiger partial charge in [-0.2, -0.15) is 0 Å². The Bertz CT molecular complexity index is 704. The number of benzene rings is 1. The van der Waals surface area contributed by atoms with Gasteiger partial charge in [0.2, 0.25) is 5.91 Å². The fourth-order valence-corrected chi connectivity index (χ4v) is 4.21. The highest BCUT2D eigenvalue weighted by atomic mass is 16.5. The zero-order chi connectivity index (χ0) is 20.1. The Balaban J connectivity index is 1.68. The van der Waals surface area contributed by atoms with Crippen LogP contribution in [0.15, 0.2) is 18.2 Å². The highest BCUT2D eigenvalue weighted by Crippen LogP contribution is 2.29. The summed E-state index contributed by atoms with van der Waals surface area (Å²) in [7, 11) is 1.68. The number of anilines is 1. The highest BCUT2D eigenvalue weighted by molar-refractivity contribution is 6.00. The van der Waals surface area contributed by atoms with Crippen LogP contribution in [0.3, 0.4) is 0 Å². The summed E-state index contributed by atoms with van der Waals surface area (Å²) < 4.78 is 5.62. The minimum absolute atomic E-state index is 0.0643. The molecule has 1 aromatic carbocycles. The first-order valence-electron chi connectivity index (χ1n) is 10.5. The summed E-state index contributed by atoms with van der Waals surface area (Å²) in [5, 5.41) is 9.55. The van der Waals surface area contributed by atoms with Crippen LogP contribution in [0.5, 0.6) is 0 Å². The molecule has 6 heteroatoms. The molecule has 3 atom stereocenters. The van der Waals surface area contributed by atoms with E-state index in [0.717, 1.165) is 37.9 Å². The lowest BCUT2D eigenvalue weighted by Gasteiger charge is -2.35. The van der Waals surface area contributed by atoms with E-state index in [9.17, 15) is 9.59 Å². The Labute approximate surface area is 167 Å². The number of nitrogens with one attached hydrogen (secondary N) is 3. The molecule has 1 saturated carbocycles. The SMILES string of the molecule is CO[C@@H]1CC[C@H](C(=O)NCC(C)C)C[C@H]1NC(=O)c1cccc2c1NCCC2. The van der Waals surface area contributed by atoms with Crippen molar-refractivity contribution in [3.8, 4) is 0 Å². The van der Waals surface area contributed by atoms with Crippen LogP contribution in [0.25, 0.3) is 0 Å². The van der Waals surface area contributed by atoms with Gasteiger partial charge in [-0.05, 0) is 49.7 Å². The highest BCUT2D eigenvalue weighted by Gasteiger charge is 2.35. The number of ether oxygens (including phenoxy) is 1. The molecular formula is C22H33N3O3. The number of para-hydroxylation sites is 1. The van der Waals surface area contributed by atoms with Crippen molar-refractivity contribution in [1.82, 2.24) is 10.6 Å². The van der Waals surface area contributed by atoms with Gasteiger partial charge in [-0.1, -0.05) is 26.0 Å². The smallest absolute Gasteiger partial charge is 0.253 e. The lowest BCUT2D eigenvalue weighted by Crippen LogP contribution is -2.50. The molecule has 0 spiro atoms. The maximum atomic E-state index is 13.0. The van der Waals surface area contributed by atoms with Crippen LogP contribution in [0.1, 0.15) is 55.5 Å². The van der Waals surface area contributed by atoms with E-state index >= 15 is 0 Å². The van der Waals surface area contributed by atoms with Crippen LogP contribution in [0.4, 0.5) is 5.69 Å². The maximum Gasteiger partial charge on any atom is 0.253 e. The number of methoxy groups -OCH3 is 1. The Kier molecular flexibility index (Phi) is 6.94. The number of hydrogen-bond donors (Lipinski definition) is 3. The normalized spacial score (nSPS) is 24.2. The van der Waals surface area contributed by atoms with Crippen molar-refractivity contribution in [2.45, 2.75) is 58.1 Å². The quantitative estimate of drug-likeness (QED) is 0.701. The molecule has 1 heterocycles. The molecule has 0 aromatic heterocycles. The molecule has 6 nitrogen and oxygen atoms in total. The summed E-state index contributed by atoms with van der Waals surface area (Å²) in [5.41, 5.74) is 2.82. The Hall–Kier alpha value is -2.08. The van der Waals surface area contributed by atoms with Gasteiger partial charge < -0.3 is 20.7 Å². The third kappa shape index (κ3) is 4.85. The Morgan fingerprint density at radius 3 is 2.86 bits per heavy atom. The first-order valence-corrected chi connectivity index (χ1v) is 10.5. The van der Waals surface area contributed by atoms with Crippen molar-refractivity contribution in [2.75, 3.05) is 25.5 Å². The van der Waals surface area contributed by atoms with Crippen molar-refractivity contribution < 1.29 is 14.3 Å². The average Bonchev–Trinajstić information content (AvgIpc) is 2.71. The van der Waals surface area contributed by atoms with Gasteiger partial charge in [0, 0.05) is 26.1 Å². The molecular weight excluding hydrogens is 354 g/mol. The number of rotatable bonds is 6. The first-order chi connectivity index (χ1) is 13.5. The largest absolute Gasteiger partial charge is 0.384 e. The van der Waals surface area contributed by atoms with Gasteiger partial charge in [0.25, 0.3) is 5.91 Å². The van der Waals surface area contributed by atoms with Gasteiger partial charge in [-0.25, -0.2) is 0 Å². The first kappa shape index (κ1) is 20.6. The molecule has 2 amide bonds. The fourth-order valence-electron chi connectivity index (χ4n) is 4.21. The summed E-state index contributed by atoms with van der Waals surface area (Å²) >= 11 is 0. The van der Waals surface area contributed by atoms with Crippen LogP contribution >= 0.6 is 0 Å². The van der Waals surface area contributed by atoms with Crippen molar-refractivity contribution in [3.05, 3.63) is 29.3 Å². The number of fused-ring (bicyclic) bond motifs is 1. The summed E-state index contributed by atoms with van der Waals surface area (Å²) in [6, 6.07) is 5.72. The van der Waals surface area contributed by atoms with E-state index in [4.69, 9.17) is 4.74 Å². The third-order valence-electron chi connectivity index (χ3n) is 5.78. The molecule has 2 aliphatic rings. The molecule has 0 bridgehead atoms. The molecule has 28 heavy (non-hydrogen) atoms. The second-order valence-electron chi connectivity index (χ2n) is 8.37. The van der Waals surface area contributed by atoms with Crippen LogP contribution in [0.2, 0.25) is 0 Å². The average molecular weight is 388 g/mol. The lowest BCUT2D eigenvalue weighted by atomic mass is 9.82. The zero-order valence-corrected chi connectivity index (χ0v) is 17.2. The van der Waals surface area contributed by atoms with E-state index < -0.39 is 0 Å². The molecule has 0 unspecified atom stereocenters. The second kappa shape index (κ2) is 9.41. The van der Waals surface area contributed by atoms with E-state index in [1.165, 1.54) is 5.56 Å². The van der Waals surface area contributed by atoms with Crippen molar-refractivity contribution >= 4 is 17.5 Å². The monoisotopic (exact) mass is 387 g/mol. The molecule has 154 valence electrons. The molecule has 1 aromatic rings. The number of hydrogen-bond acceptors (Lipinski definition) is 4. The standard InChI is InChI=1S/C22H33N3O3/c1-14(2)13-24-21(26)16-9-10-19(28-3)18(12-16)25-22(27)17-8-4-6-15-7-5-11-23-20(15)17/h4,6,8,14,16,18-19,23H,5,7,9-13H2,1-3H3,(H,24,26)(H,25,27)/t16-,18+,19+/m0/s1. The van der Waals surface area contributed by atoms with E-state index in [-0.39, 0.29) is 29.9 Å². The number of aryl methyl sites for hydroxylation is 1. The van der Waals surface area contributed by atoms with Crippen molar-refractivity contribution in [1.29, 1.82) is 0 Å². The topological polar surface area (TPSA) is 79.5 Å². The second-order valence-corrected chi connectivity index (χ2v) is 8.37. The number of carbonyl (C=O) groups excluding carboxylic acids is 2. The zero-order valence-electron chi connectivity index (χ0n) is 17.2. The molecule has 1 aliphatic carbocycles. The summed E-state index contributed by atoms with van der Waals surface area (Å²) in [5.74, 6) is 0.326. The van der Waals surface area contributed by atoms with Crippen molar-refractivity contribution in [3.63, 3.8) is 0 Å². The predicted octanol–water partition coefficient (Wildman–Crippen LogP) is 2.73. The molecule has 0 radical (unpaired) electrons. The van der Waals surface area contributed by atoms with Gasteiger partial charge in [0.1, 0.15) is 0 Å². The molecule has 1 aliphatic heterocycles. The summed E-state index contributed by atoms with van der Waals surface area (Å²) in [6.07, 6.45) is 4.18. The van der Waals surface area contributed by atoms with E-state index in [2.05, 4.69) is 35.9 Å². The van der Waals surface area contributed by atoms with Crippen LogP contribution < -0.4 is 16.0 Å². The molecule has 3 N–H and O–H groups in total. The maximum absolute atomic E-state index is 13.0. The van der Waals surface area contributed by atoms with Gasteiger partial charge in [0.15, 0.2) is 0 Å². The van der Waals surface area contributed by atoms with Gasteiger partial charge in [0.05, 0.1) is 23.4 Å². The molecule has 1 fully saturated rings. The summed E-state index contributed by atoms with van der Waals surface area (Å²) in [4.78, 5) is 25.5.